The predicted octanol–water partition coefficient (Wildman–Crippen LogP) is 2.52. The molecule has 1 aromatic rings. The van der Waals surface area contributed by atoms with E-state index in [1.807, 2.05) is 6.07 Å². The summed E-state index contributed by atoms with van der Waals surface area (Å²) in [6.07, 6.45) is 6.84. The molecule has 0 unspecified atom stereocenters. The summed E-state index contributed by atoms with van der Waals surface area (Å²) in [7, 11) is 0. The maximum Gasteiger partial charge on any atom is 0.231 e. The van der Waals surface area contributed by atoms with E-state index >= 15 is 0 Å². The Balaban J connectivity index is 1.44. The first-order chi connectivity index (χ1) is 10.3. The second-order valence-electron chi connectivity index (χ2n) is 6.67. The molecule has 1 saturated heterocycles. The van der Waals surface area contributed by atoms with Crippen LogP contribution in [0, 0.1) is 0 Å². The molecule has 1 N–H and O–H groups in total. The summed E-state index contributed by atoms with van der Waals surface area (Å²) >= 11 is 0. The van der Waals surface area contributed by atoms with E-state index in [-0.39, 0.29) is 0 Å². The second-order valence-corrected chi connectivity index (χ2v) is 6.67. The van der Waals surface area contributed by atoms with Crippen LogP contribution < -0.4 is 14.8 Å². The van der Waals surface area contributed by atoms with Crippen LogP contribution in [0.5, 0.6) is 11.5 Å². The first-order valence-corrected chi connectivity index (χ1v) is 8.19. The minimum absolute atomic E-state index is 0.357. The Morgan fingerprint density at radius 1 is 1.10 bits per heavy atom. The van der Waals surface area contributed by atoms with E-state index in [4.69, 9.17) is 9.47 Å². The molecule has 2 aliphatic heterocycles. The number of rotatable bonds is 2. The van der Waals surface area contributed by atoms with Gasteiger partial charge in [0.2, 0.25) is 6.79 Å². The Kier molecular flexibility index (Phi) is 3.51. The molecule has 4 rings (SSSR count). The normalized spacial score (nSPS) is 24.4. The fraction of sp³-hybridized carbons (Fsp3) is 0.647. The van der Waals surface area contributed by atoms with Crippen molar-refractivity contribution in [3.05, 3.63) is 23.8 Å². The largest absolute Gasteiger partial charge is 0.454 e. The molecule has 114 valence electrons. The van der Waals surface area contributed by atoms with Gasteiger partial charge in [-0.05, 0) is 30.5 Å². The van der Waals surface area contributed by atoms with Crippen LogP contribution in [0.4, 0.5) is 0 Å². The molecule has 0 radical (unpaired) electrons. The number of ether oxygens (including phenoxy) is 2. The Morgan fingerprint density at radius 3 is 2.86 bits per heavy atom. The molecule has 4 heteroatoms. The van der Waals surface area contributed by atoms with E-state index in [0.717, 1.165) is 31.1 Å². The minimum Gasteiger partial charge on any atom is -0.454 e. The number of hydrogen-bond donors (Lipinski definition) is 1. The number of nitrogens with one attached hydrogen (secondary N) is 1. The number of fused-ring (bicyclic) bond motifs is 1. The van der Waals surface area contributed by atoms with Gasteiger partial charge in [0.15, 0.2) is 11.5 Å². The molecule has 0 atom stereocenters. The number of nitrogens with zero attached hydrogens (tertiary/aromatic N) is 1. The van der Waals surface area contributed by atoms with Gasteiger partial charge in [-0.25, -0.2) is 0 Å². The molecule has 2 fully saturated rings. The Bertz CT molecular complexity index is 506. The first-order valence-electron chi connectivity index (χ1n) is 8.19. The summed E-state index contributed by atoms with van der Waals surface area (Å²) in [6.45, 7) is 4.80. The molecule has 3 aliphatic rings. The predicted molar refractivity (Wildman–Crippen MR) is 81.7 cm³/mol. The highest BCUT2D eigenvalue weighted by molar-refractivity contribution is 5.44. The second kappa shape index (κ2) is 5.50. The average molecular weight is 288 g/mol. The van der Waals surface area contributed by atoms with E-state index in [1.165, 1.54) is 44.2 Å². The molecule has 1 saturated carbocycles. The van der Waals surface area contributed by atoms with Crippen LogP contribution in [-0.2, 0) is 6.54 Å². The number of piperazine rings is 1. The summed E-state index contributed by atoms with van der Waals surface area (Å²) in [5.74, 6) is 1.78. The molecular weight excluding hydrogens is 264 g/mol. The number of benzene rings is 1. The highest BCUT2D eigenvalue weighted by Crippen LogP contribution is 2.34. The lowest BCUT2D eigenvalue weighted by atomic mass is 9.80. The monoisotopic (exact) mass is 288 g/mol. The molecule has 21 heavy (non-hydrogen) atoms. The van der Waals surface area contributed by atoms with Crippen molar-refractivity contribution in [1.29, 1.82) is 0 Å². The molecular formula is C17H24N2O2. The van der Waals surface area contributed by atoms with Crippen LogP contribution in [0.3, 0.4) is 0 Å². The third-order valence-electron chi connectivity index (χ3n) is 5.11. The van der Waals surface area contributed by atoms with Crippen molar-refractivity contribution in [1.82, 2.24) is 10.2 Å². The van der Waals surface area contributed by atoms with Gasteiger partial charge in [-0.15, -0.1) is 0 Å². The highest BCUT2D eigenvalue weighted by atomic mass is 16.7. The molecule has 1 spiro atoms. The van der Waals surface area contributed by atoms with Gasteiger partial charge in [0, 0.05) is 31.7 Å². The van der Waals surface area contributed by atoms with Gasteiger partial charge in [0.05, 0.1) is 0 Å². The molecule has 2 heterocycles. The van der Waals surface area contributed by atoms with Crippen molar-refractivity contribution < 1.29 is 9.47 Å². The van der Waals surface area contributed by atoms with E-state index in [2.05, 4.69) is 22.3 Å². The van der Waals surface area contributed by atoms with Gasteiger partial charge in [-0.3, -0.25) is 4.90 Å². The zero-order valence-electron chi connectivity index (χ0n) is 12.6. The van der Waals surface area contributed by atoms with E-state index in [0.29, 0.717) is 12.3 Å². The summed E-state index contributed by atoms with van der Waals surface area (Å²) in [6, 6.07) is 6.34. The van der Waals surface area contributed by atoms with Gasteiger partial charge >= 0.3 is 0 Å². The minimum atomic E-state index is 0.357. The lowest BCUT2D eigenvalue weighted by Crippen LogP contribution is -2.60. The summed E-state index contributed by atoms with van der Waals surface area (Å²) in [5.41, 5.74) is 1.71. The van der Waals surface area contributed by atoms with Gasteiger partial charge < -0.3 is 14.8 Å². The van der Waals surface area contributed by atoms with E-state index in [1.54, 1.807) is 0 Å². The molecule has 1 aliphatic carbocycles. The molecule has 0 bridgehead atoms. The topological polar surface area (TPSA) is 33.7 Å². The van der Waals surface area contributed by atoms with Gasteiger partial charge in [0.25, 0.3) is 0 Å². The van der Waals surface area contributed by atoms with Crippen molar-refractivity contribution in [2.24, 2.45) is 0 Å². The fourth-order valence-corrected chi connectivity index (χ4v) is 4.04. The zero-order chi connectivity index (χ0) is 14.1. The van der Waals surface area contributed by atoms with Crippen LogP contribution in [-0.4, -0.2) is 36.9 Å². The third-order valence-corrected chi connectivity index (χ3v) is 5.11. The Hall–Kier alpha value is -1.26. The summed E-state index contributed by atoms with van der Waals surface area (Å²) < 4.78 is 10.9. The SMILES string of the molecule is c1cc2c(cc1CN1CCNC3(CCCCC3)C1)OCO2. The lowest BCUT2D eigenvalue weighted by molar-refractivity contribution is 0.0945. The van der Waals surface area contributed by atoms with Gasteiger partial charge in [0.1, 0.15) is 0 Å². The van der Waals surface area contributed by atoms with Crippen LogP contribution in [0.15, 0.2) is 18.2 Å². The first kappa shape index (κ1) is 13.4. The lowest BCUT2D eigenvalue weighted by Gasteiger charge is -2.46. The van der Waals surface area contributed by atoms with E-state index in [9.17, 15) is 0 Å². The molecule has 1 aromatic carbocycles. The summed E-state index contributed by atoms with van der Waals surface area (Å²) in [5, 5.41) is 3.81. The van der Waals surface area contributed by atoms with Gasteiger partial charge in [-0.2, -0.15) is 0 Å². The number of hydrogen-bond acceptors (Lipinski definition) is 4. The maximum atomic E-state index is 5.48. The molecule has 0 amide bonds. The standard InChI is InChI=1S/C17H24N2O2/c1-2-6-17(7-3-1)12-19(9-8-18-17)11-14-4-5-15-16(10-14)21-13-20-15/h4-5,10,18H,1-3,6-9,11-13H2. The van der Waals surface area contributed by atoms with Crippen molar-refractivity contribution in [3.8, 4) is 11.5 Å². The van der Waals surface area contributed by atoms with Crippen LogP contribution >= 0.6 is 0 Å². The van der Waals surface area contributed by atoms with Crippen molar-refractivity contribution in [3.63, 3.8) is 0 Å². The zero-order valence-corrected chi connectivity index (χ0v) is 12.6. The highest BCUT2D eigenvalue weighted by Gasteiger charge is 2.35. The van der Waals surface area contributed by atoms with Crippen LogP contribution in [0.2, 0.25) is 0 Å². The van der Waals surface area contributed by atoms with Crippen LogP contribution in [0.25, 0.3) is 0 Å². The average Bonchev–Trinajstić information content (AvgIpc) is 2.96. The smallest absolute Gasteiger partial charge is 0.231 e. The van der Waals surface area contributed by atoms with Gasteiger partial charge in [-0.1, -0.05) is 25.3 Å². The quantitative estimate of drug-likeness (QED) is 0.906. The molecule has 4 nitrogen and oxygen atoms in total. The van der Waals surface area contributed by atoms with Crippen molar-refractivity contribution in [2.75, 3.05) is 26.4 Å². The van der Waals surface area contributed by atoms with Crippen molar-refractivity contribution in [2.45, 2.75) is 44.2 Å². The van der Waals surface area contributed by atoms with E-state index < -0.39 is 0 Å². The maximum absolute atomic E-state index is 5.48. The third kappa shape index (κ3) is 2.74. The summed E-state index contributed by atoms with van der Waals surface area (Å²) in [4.78, 5) is 2.60. The Morgan fingerprint density at radius 2 is 1.95 bits per heavy atom. The van der Waals surface area contributed by atoms with Crippen molar-refractivity contribution >= 4 is 0 Å². The Labute approximate surface area is 126 Å². The molecule has 0 aromatic heterocycles. The fourth-order valence-electron chi connectivity index (χ4n) is 4.04. The van der Waals surface area contributed by atoms with Crippen LogP contribution in [0.1, 0.15) is 37.7 Å².